The van der Waals surface area contributed by atoms with Crippen LogP contribution in [0, 0.1) is 0 Å². The van der Waals surface area contributed by atoms with Gasteiger partial charge in [0.15, 0.2) is 0 Å². The maximum Gasteiger partial charge on any atom is 0.534 e. The SMILES string of the molecule is O=C(O)N1CCC2(CC1)C[C@H](c1cccc(OS(=O)(=O)C(F)(F)F)c1)CO2. The Bertz CT molecular complexity index is 818. The number of ether oxygens (including phenoxy) is 1. The van der Waals surface area contributed by atoms with Gasteiger partial charge in [0.2, 0.25) is 0 Å². The number of hydrogen-bond acceptors (Lipinski definition) is 5. The van der Waals surface area contributed by atoms with Crippen LogP contribution in [0.1, 0.15) is 30.7 Å². The molecule has 1 N–H and O–H groups in total. The third-order valence-corrected chi connectivity index (χ3v) is 5.95. The largest absolute Gasteiger partial charge is 0.534 e. The summed E-state index contributed by atoms with van der Waals surface area (Å²) < 4.78 is 69.8. The van der Waals surface area contributed by atoms with E-state index < -0.39 is 33.1 Å². The third-order valence-electron chi connectivity index (χ3n) is 4.97. The second-order valence-electron chi connectivity index (χ2n) is 6.72. The van der Waals surface area contributed by atoms with Crippen molar-refractivity contribution < 1.29 is 40.4 Å². The summed E-state index contributed by atoms with van der Waals surface area (Å²) in [7, 11) is -5.72. The van der Waals surface area contributed by atoms with Gasteiger partial charge in [-0.3, -0.25) is 0 Å². The van der Waals surface area contributed by atoms with E-state index in [1.165, 1.54) is 17.0 Å². The maximum absolute atomic E-state index is 12.5. The molecule has 7 nitrogen and oxygen atoms in total. The smallest absolute Gasteiger partial charge is 0.465 e. The van der Waals surface area contributed by atoms with Gasteiger partial charge in [0.05, 0.1) is 12.2 Å². The molecule has 1 atom stereocenters. The minimum absolute atomic E-state index is 0.140. The average Bonchev–Trinajstić information content (AvgIpc) is 2.98. The van der Waals surface area contributed by atoms with E-state index in [2.05, 4.69) is 4.18 Å². The van der Waals surface area contributed by atoms with Crippen molar-refractivity contribution in [3.8, 4) is 5.75 Å². The molecule has 1 amide bonds. The lowest BCUT2D eigenvalue weighted by molar-refractivity contribution is -0.0500. The Kier molecular flexibility index (Phi) is 5.02. The first-order valence-corrected chi connectivity index (χ1v) is 9.65. The highest BCUT2D eigenvalue weighted by atomic mass is 32.2. The van der Waals surface area contributed by atoms with Gasteiger partial charge in [0.1, 0.15) is 5.75 Å². The van der Waals surface area contributed by atoms with Crippen LogP contribution < -0.4 is 4.18 Å². The van der Waals surface area contributed by atoms with E-state index in [1.807, 2.05) is 0 Å². The molecule has 0 aliphatic carbocycles. The monoisotopic (exact) mass is 409 g/mol. The number of carboxylic acid groups (broad SMARTS) is 1. The Morgan fingerprint density at radius 3 is 2.56 bits per heavy atom. The molecule has 0 saturated carbocycles. The zero-order valence-corrected chi connectivity index (χ0v) is 14.9. The highest BCUT2D eigenvalue weighted by Crippen LogP contribution is 2.43. The second-order valence-corrected chi connectivity index (χ2v) is 8.26. The van der Waals surface area contributed by atoms with Crippen LogP contribution in [0.25, 0.3) is 0 Å². The standard InChI is InChI=1S/C16H18F3NO6S/c17-16(18,19)27(23,24)26-13-3-1-2-11(8-13)12-9-15(25-10-12)4-6-20(7-5-15)14(21)22/h1-3,8,12H,4-7,9-10H2,(H,21,22)/t12-/m0/s1. The fourth-order valence-corrected chi connectivity index (χ4v) is 3.96. The zero-order chi connectivity index (χ0) is 19.9. The van der Waals surface area contributed by atoms with Gasteiger partial charge in [-0.05, 0) is 37.0 Å². The number of amides is 1. The molecule has 0 radical (unpaired) electrons. The maximum atomic E-state index is 12.5. The summed E-state index contributed by atoms with van der Waals surface area (Å²) in [5, 5.41) is 9.02. The predicted octanol–water partition coefficient (Wildman–Crippen LogP) is 2.93. The Morgan fingerprint density at radius 1 is 1.30 bits per heavy atom. The fraction of sp³-hybridized carbons (Fsp3) is 0.562. The van der Waals surface area contributed by atoms with Gasteiger partial charge in [-0.25, -0.2) is 4.79 Å². The van der Waals surface area contributed by atoms with Crippen molar-refractivity contribution in [2.75, 3.05) is 19.7 Å². The van der Waals surface area contributed by atoms with Gasteiger partial charge in [0.25, 0.3) is 0 Å². The summed E-state index contributed by atoms with van der Waals surface area (Å²) >= 11 is 0. The molecule has 2 aliphatic rings. The molecular weight excluding hydrogens is 391 g/mol. The lowest BCUT2D eigenvalue weighted by Gasteiger charge is -2.37. The molecule has 1 aromatic carbocycles. The van der Waals surface area contributed by atoms with Gasteiger partial charge in [-0.2, -0.15) is 21.6 Å². The molecule has 2 fully saturated rings. The highest BCUT2D eigenvalue weighted by molar-refractivity contribution is 7.88. The Labute approximate surface area is 153 Å². The van der Waals surface area contributed by atoms with Gasteiger partial charge in [-0.15, -0.1) is 0 Å². The molecule has 0 aromatic heterocycles. The number of hydrogen-bond donors (Lipinski definition) is 1. The summed E-state index contributed by atoms with van der Waals surface area (Å²) in [6, 6.07) is 5.51. The molecule has 2 saturated heterocycles. The first kappa shape index (κ1) is 19.7. The number of rotatable bonds is 3. The average molecular weight is 409 g/mol. The van der Waals surface area contributed by atoms with E-state index in [0.717, 1.165) is 6.07 Å². The molecule has 0 bridgehead atoms. The van der Waals surface area contributed by atoms with Crippen LogP contribution in [0.15, 0.2) is 24.3 Å². The lowest BCUT2D eigenvalue weighted by atomic mass is 9.83. The summed E-state index contributed by atoms with van der Waals surface area (Å²) in [6.45, 7) is 1.03. The van der Waals surface area contributed by atoms with Crippen molar-refractivity contribution in [2.24, 2.45) is 0 Å². The van der Waals surface area contributed by atoms with Gasteiger partial charge in [0, 0.05) is 19.0 Å². The van der Waals surface area contributed by atoms with Gasteiger partial charge < -0.3 is 18.9 Å². The number of piperidine rings is 1. The van der Waals surface area contributed by atoms with E-state index in [9.17, 15) is 26.4 Å². The van der Waals surface area contributed by atoms with Crippen molar-refractivity contribution in [2.45, 2.75) is 36.3 Å². The number of nitrogens with zero attached hydrogens (tertiary/aromatic N) is 1. The zero-order valence-electron chi connectivity index (χ0n) is 14.1. The minimum atomic E-state index is -5.72. The van der Waals surface area contributed by atoms with Gasteiger partial charge >= 0.3 is 21.7 Å². The lowest BCUT2D eigenvalue weighted by Crippen LogP contribution is -2.45. The Morgan fingerprint density at radius 2 is 1.96 bits per heavy atom. The van der Waals surface area contributed by atoms with Crippen LogP contribution in [0.5, 0.6) is 5.75 Å². The summed E-state index contributed by atoms with van der Waals surface area (Å²) in [5.74, 6) is -0.551. The van der Waals surface area contributed by atoms with Crippen molar-refractivity contribution in [3.05, 3.63) is 29.8 Å². The van der Waals surface area contributed by atoms with E-state index in [-0.39, 0.29) is 5.92 Å². The summed E-state index contributed by atoms with van der Waals surface area (Å²) in [6.07, 6.45) is 0.675. The second kappa shape index (κ2) is 6.86. The first-order chi connectivity index (χ1) is 12.5. The summed E-state index contributed by atoms with van der Waals surface area (Å²) in [4.78, 5) is 12.3. The fourth-order valence-electron chi connectivity index (χ4n) is 3.51. The van der Waals surface area contributed by atoms with Crippen LogP contribution in [0.2, 0.25) is 0 Å². The van der Waals surface area contributed by atoms with Crippen molar-refractivity contribution in [1.29, 1.82) is 0 Å². The van der Waals surface area contributed by atoms with Crippen LogP contribution >= 0.6 is 0 Å². The Hall–Kier alpha value is -2.01. The highest BCUT2D eigenvalue weighted by Gasteiger charge is 2.49. The van der Waals surface area contributed by atoms with Crippen molar-refractivity contribution in [1.82, 2.24) is 4.90 Å². The van der Waals surface area contributed by atoms with E-state index in [0.29, 0.717) is 44.5 Å². The molecule has 150 valence electrons. The van der Waals surface area contributed by atoms with Crippen LogP contribution in [0.3, 0.4) is 0 Å². The molecule has 2 aliphatic heterocycles. The third kappa shape index (κ3) is 4.13. The Balaban J connectivity index is 1.69. The molecule has 11 heteroatoms. The van der Waals surface area contributed by atoms with E-state index in [4.69, 9.17) is 9.84 Å². The van der Waals surface area contributed by atoms with Crippen molar-refractivity contribution >= 4 is 16.2 Å². The topological polar surface area (TPSA) is 93.1 Å². The quantitative estimate of drug-likeness (QED) is 0.610. The normalized spacial score (nSPS) is 22.8. The molecule has 1 spiro atoms. The molecule has 2 heterocycles. The number of benzene rings is 1. The molecule has 1 aromatic rings. The number of alkyl halides is 3. The molecule has 27 heavy (non-hydrogen) atoms. The predicted molar refractivity (Wildman–Crippen MR) is 86.9 cm³/mol. The molecule has 0 unspecified atom stereocenters. The molecule has 3 rings (SSSR count). The number of halogens is 3. The van der Waals surface area contributed by atoms with E-state index in [1.54, 1.807) is 6.07 Å². The molecular formula is C16H18F3NO6S. The number of carbonyl (C=O) groups is 1. The van der Waals surface area contributed by atoms with Gasteiger partial charge in [-0.1, -0.05) is 12.1 Å². The van der Waals surface area contributed by atoms with Crippen molar-refractivity contribution in [3.63, 3.8) is 0 Å². The van der Waals surface area contributed by atoms with Crippen LogP contribution in [-0.2, 0) is 14.9 Å². The number of likely N-dealkylation sites (tertiary alicyclic amines) is 1. The summed E-state index contributed by atoms with van der Waals surface area (Å²) in [5.41, 5.74) is -5.35. The minimum Gasteiger partial charge on any atom is -0.465 e. The first-order valence-electron chi connectivity index (χ1n) is 8.24. The van der Waals surface area contributed by atoms with Crippen LogP contribution in [0.4, 0.5) is 18.0 Å². The van der Waals surface area contributed by atoms with E-state index >= 15 is 0 Å². The van der Waals surface area contributed by atoms with Crippen LogP contribution in [-0.4, -0.2) is 55.3 Å².